The van der Waals surface area contributed by atoms with Crippen molar-refractivity contribution in [2.45, 2.75) is 19.8 Å². The minimum Gasteiger partial charge on any atom is -1.00 e. The van der Waals surface area contributed by atoms with E-state index in [9.17, 15) is 0 Å². The molecule has 0 aliphatic heterocycles. The molecule has 0 saturated heterocycles. The van der Waals surface area contributed by atoms with Gasteiger partial charge in [0.2, 0.25) is 0 Å². The van der Waals surface area contributed by atoms with Crippen molar-refractivity contribution in [3.05, 3.63) is 72.3 Å². The Bertz CT molecular complexity index is 666. The monoisotopic (exact) mass is 405 g/mol. The molecule has 1 radical (unpaired) electrons. The number of hydrogen-bond donors (Lipinski definition) is 0. The van der Waals surface area contributed by atoms with Gasteiger partial charge in [0.15, 0.2) is 0 Å². The molecule has 0 atom stereocenters. The van der Waals surface area contributed by atoms with Gasteiger partial charge < -0.3 is 24.8 Å². The third-order valence-corrected chi connectivity index (χ3v) is 3.50. The third-order valence-electron chi connectivity index (χ3n) is 3.50. The van der Waals surface area contributed by atoms with Gasteiger partial charge in [-0.1, -0.05) is 61.9 Å². The van der Waals surface area contributed by atoms with Crippen LogP contribution in [0.3, 0.4) is 0 Å². The molecule has 0 bridgehead atoms. The summed E-state index contributed by atoms with van der Waals surface area (Å²) in [5, 5.41) is 0. The second-order valence-corrected chi connectivity index (χ2v) is 5.20. The third kappa shape index (κ3) is 4.45. The van der Waals surface area contributed by atoms with Crippen molar-refractivity contribution in [3.63, 3.8) is 0 Å². The van der Waals surface area contributed by atoms with E-state index >= 15 is 0 Å². The van der Waals surface area contributed by atoms with Gasteiger partial charge in [-0.05, 0) is 11.5 Å². The van der Waals surface area contributed by atoms with E-state index < -0.39 is 0 Å². The van der Waals surface area contributed by atoms with Crippen LogP contribution in [0.2, 0.25) is 0 Å². The van der Waals surface area contributed by atoms with Crippen molar-refractivity contribution in [2.75, 3.05) is 0 Å². The van der Waals surface area contributed by atoms with Crippen LogP contribution in [-0.2, 0) is 26.2 Å². The maximum Gasteiger partial charge on any atom is 3.00 e. The zero-order valence-corrected chi connectivity index (χ0v) is 16.6. The first-order chi connectivity index (χ1) is 9.25. The SMILES string of the molecule is CC(C)c1[c-]c2ccccc(-c3ccccc3)c-2c1.[Cl-].[Cl-].[Zr+3]. The maximum atomic E-state index is 3.53. The first-order valence-electron chi connectivity index (χ1n) is 6.76. The smallest absolute Gasteiger partial charge is 1.00 e. The summed E-state index contributed by atoms with van der Waals surface area (Å²) in [5.74, 6) is 0.515. The standard InChI is InChI=1S/C19H17.2ClH.Zr/c1-14(2)17-12-16-10-6-7-11-18(19(16)13-17)15-8-4-3-5-9-15;;;/h3-11,13-14H,1-2H3;2*1H;/q-1;;;+3/p-2. The molecule has 1 aromatic rings. The molecule has 0 aromatic heterocycles. The van der Waals surface area contributed by atoms with Gasteiger partial charge in [0.1, 0.15) is 0 Å². The summed E-state index contributed by atoms with van der Waals surface area (Å²) in [6.07, 6.45) is 0. The van der Waals surface area contributed by atoms with E-state index in [1.54, 1.807) is 0 Å². The van der Waals surface area contributed by atoms with Crippen LogP contribution >= 0.6 is 0 Å². The van der Waals surface area contributed by atoms with Crippen molar-refractivity contribution in [1.29, 1.82) is 0 Å². The first kappa shape index (κ1) is 21.4. The molecule has 0 spiro atoms. The fourth-order valence-electron chi connectivity index (χ4n) is 2.42. The zero-order chi connectivity index (χ0) is 13.2. The molecule has 22 heavy (non-hydrogen) atoms. The molecule has 3 heteroatoms. The van der Waals surface area contributed by atoms with Gasteiger partial charge in [0.25, 0.3) is 0 Å². The summed E-state index contributed by atoms with van der Waals surface area (Å²) < 4.78 is 0. The molecule has 0 amide bonds. The van der Waals surface area contributed by atoms with Crippen molar-refractivity contribution in [2.24, 2.45) is 0 Å². The van der Waals surface area contributed by atoms with E-state index in [0.717, 1.165) is 0 Å². The largest absolute Gasteiger partial charge is 3.00 e. The zero-order valence-electron chi connectivity index (χ0n) is 12.6. The van der Waals surface area contributed by atoms with Gasteiger partial charge in [-0.3, -0.25) is 0 Å². The van der Waals surface area contributed by atoms with Crippen LogP contribution in [0.1, 0.15) is 25.3 Å². The molecule has 0 unspecified atom stereocenters. The minimum atomic E-state index is 0. The van der Waals surface area contributed by atoms with Crippen LogP contribution in [0.4, 0.5) is 0 Å². The molecule has 0 N–H and O–H groups in total. The quantitative estimate of drug-likeness (QED) is 0.498. The Hall–Kier alpha value is -0.617. The summed E-state index contributed by atoms with van der Waals surface area (Å²) in [4.78, 5) is 0. The van der Waals surface area contributed by atoms with E-state index in [0.29, 0.717) is 5.92 Å². The van der Waals surface area contributed by atoms with Crippen molar-refractivity contribution >= 4 is 0 Å². The normalized spacial score (nSPS) is 9.59. The topological polar surface area (TPSA) is 0 Å². The summed E-state index contributed by atoms with van der Waals surface area (Å²) in [7, 11) is 0. The van der Waals surface area contributed by atoms with Gasteiger partial charge in [-0.25, -0.2) is 0 Å². The van der Waals surface area contributed by atoms with Gasteiger partial charge in [-0.15, -0.1) is 29.3 Å². The molecule has 3 rings (SSSR count). The molecule has 111 valence electrons. The van der Waals surface area contributed by atoms with Gasteiger partial charge in [-0.2, -0.15) is 11.6 Å². The number of hydrogen-bond acceptors (Lipinski definition) is 0. The Morgan fingerprint density at radius 2 is 1.36 bits per heavy atom. The number of rotatable bonds is 2. The predicted molar refractivity (Wildman–Crippen MR) is 81.4 cm³/mol. The average molecular weight is 407 g/mol. The Morgan fingerprint density at radius 1 is 0.773 bits per heavy atom. The van der Waals surface area contributed by atoms with Crippen molar-refractivity contribution in [1.82, 2.24) is 0 Å². The molecule has 0 saturated carbocycles. The Kier molecular flexibility index (Phi) is 9.24. The van der Waals surface area contributed by atoms with E-state index in [-0.39, 0.29) is 51.0 Å². The van der Waals surface area contributed by atoms with Gasteiger partial charge in [0.05, 0.1) is 0 Å². The Labute approximate surface area is 164 Å². The van der Waals surface area contributed by atoms with Crippen LogP contribution in [0.25, 0.3) is 22.3 Å². The van der Waals surface area contributed by atoms with Gasteiger partial charge in [0, 0.05) is 0 Å². The van der Waals surface area contributed by atoms with Crippen LogP contribution in [0.5, 0.6) is 0 Å². The molecular formula is C19H17Cl2Zr. The Balaban J connectivity index is 0.00000147. The second-order valence-electron chi connectivity index (χ2n) is 5.20. The molecule has 2 aliphatic carbocycles. The van der Waals surface area contributed by atoms with Crippen LogP contribution in [0.15, 0.2) is 60.7 Å². The Morgan fingerprint density at radius 3 is 2.00 bits per heavy atom. The number of halogens is 2. The minimum absolute atomic E-state index is 0. The summed E-state index contributed by atoms with van der Waals surface area (Å²) in [5.41, 5.74) is 6.33. The van der Waals surface area contributed by atoms with Crippen molar-refractivity contribution in [3.8, 4) is 22.3 Å². The second kappa shape index (κ2) is 9.51. The fraction of sp³-hybridized carbons (Fsp3) is 0.158. The molecule has 1 aromatic carbocycles. The molecule has 0 fully saturated rings. The van der Waals surface area contributed by atoms with Crippen LogP contribution in [0, 0.1) is 6.07 Å². The van der Waals surface area contributed by atoms with E-state index in [4.69, 9.17) is 0 Å². The summed E-state index contributed by atoms with van der Waals surface area (Å²) in [6.45, 7) is 4.43. The van der Waals surface area contributed by atoms with Gasteiger partial charge >= 0.3 is 26.2 Å². The first-order valence-corrected chi connectivity index (χ1v) is 6.76. The summed E-state index contributed by atoms with van der Waals surface area (Å²) in [6, 6.07) is 24.9. The van der Waals surface area contributed by atoms with Crippen molar-refractivity contribution < 1.29 is 51.0 Å². The molecular weight excluding hydrogens is 390 g/mol. The molecule has 0 heterocycles. The van der Waals surface area contributed by atoms with E-state index in [1.165, 1.54) is 27.8 Å². The maximum absolute atomic E-state index is 3.53. The fourth-order valence-corrected chi connectivity index (χ4v) is 2.42. The average Bonchev–Trinajstić information content (AvgIpc) is 2.75. The van der Waals surface area contributed by atoms with Crippen LogP contribution < -0.4 is 24.8 Å². The summed E-state index contributed by atoms with van der Waals surface area (Å²) >= 11 is 0. The molecule has 0 nitrogen and oxygen atoms in total. The van der Waals surface area contributed by atoms with Crippen LogP contribution in [-0.4, -0.2) is 0 Å². The number of fused-ring (bicyclic) bond motifs is 1. The van der Waals surface area contributed by atoms with E-state index in [1.807, 2.05) is 0 Å². The predicted octanol–water partition coefficient (Wildman–Crippen LogP) is -0.613. The number of benzene rings is 1. The molecule has 2 aliphatic rings. The van der Waals surface area contributed by atoms with E-state index in [2.05, 4.69) is 80.6 Å².